The van der Waals surface area contributed by atoms with E-state index in [1.54, 1.807) is 39.0 Å². The number of aromatic nitrogens is 1. The van der Waals surface area contributed by atoms with Crippen molar-refractivity contribution in [2.75, 3.05) is 0 Å². The van der Waals surface area contributed by atoms with Gasteiger partial charge in [0.2, 0.25) is 0 Å². The molecule has 1 heterocycles. The van der Waals surface area contributed by atoms with Crippen LogP contribution in [0.1, 0.15) is 39.3 Å². The lowest BCUT2D eigenvalue weighted by atomic mass is 10.1. The van der Waals surface area contributed by atoms with E-state index in [2.05, 4.69) is 25.3 Å². The number of rotatable bonds is 4. The topological polar surface area (TPSA) is 48.3 Å². The number of pyridine rings is 1. The monoisotopic (exact) mass is 384 g/mol. The fourth-order valence-corrected chi connectivity index (χ4v) is 2.29. The van der Waals surface area contributed by atoms with E-state index in [-0.39, 0.29) is 12.1 Å². The second kappa shape index (κ2) is 7.11. The van der Waals surface area contributed by atoms with Crippen LogP contribution in [0.5, 0.6) is 0 Å². The van der Waals surface area contributed by atoms with Crippen molar-refractivity contribution >= 4 is 33.0 Å². The van der Waals surface area contributed by atoms with Gasteiger partial charge in [0.15, 0.2) is 0 Å². The Balaban J connectivity index is 3.08. The summed E-state index contributed by atoms with van der Waals surface area (Å²) in [6.07, 6.45) is -5.67. The quantitative estimate of drug-likeness (QED) is 0.437. The molecule has 118 valence electrons. The van der Waals surface area contributed by atoms with Gasteiger partial charge in [-0.05, 0) is 48.8 Å². The molecule has 1 aromatic heterocycles. The van der Waals surface area contributed by atoms with Crippen molar-refractivity contribution in [1.29, 1.82) is 0 Å². The zero-order chi connectivity index (χ0) is 16.3. The van der Waals surface area contributed by atoms with E-state index in [1.165, 1.54) is 0 Å². The van der Waals surface area contributed by atoms with Gasteiger partial charge in [0.05, 0.1) is 5.69 Å². The van der Waals surface area contributed by atoms with Gasteiger partial charge < -0.3 is 4.55 Å². The summed E-state index contributed by atoms with van der Waals surface area (Å²) in [7, 11) is 0. The number of nitrogens with zero attached hydrogens (tertiary/aromatic N) is 2. The number of hydrogen-bond donors (Lipinski definition) is 0. The fraction of sp³-hybridized carbons (Fsp3) is 0.538. The molecule has 0 saturated heterocycles. The Hall–Kier alpha value is -0.600. The van der Waals surface area contributed by atoms with Gasteiger partial charge in [-0.3, -0.25) is 0 Å². The minimum absolute atomic E-state index is 0.0990. The Labute approximate surface area is 133 Å². The number of alkyl halides is 3. The van der Waals surface area contributed by atoms with Crippen molar-refractivity contribution in [3.63, 3.8) is 0 Å². The molecule has 3 nitrogen and oxygen atoms in total. The van der Waals surface area contributed by atoms with E-state index in [0.717, 1.165) is 0 Å². The van der Waals surface area contributed by atoms with Crippen LogP contribution >= 0.6 is 15.9 Å². The molecule has 1 atom stereocenters. The van der Waals surface area contributed by atoms with Crippen LogP contribution in [-0.2, 0) is 11.4 Å². The Bertz CT molecular complexity index is 515. The van der Waals surface area contributed by atoms with Crippen molar-refractivity contribution in [3.8, 4) is 0 Å². The van der Waals surface area contributed by atoms with Crippen LogP contribution in [0.15, 0.2) is 27.2 Å². The normalized spacial score (nSPS) is 15.1. The van der Waals surface area contributed by atoms with Gasteiger partial charge in [0.25, 0.3) is 0 Å². The molecule has 0 N–H and O–H groups in total. The molecule has 1 unspecified atom stereocenters. The number of halogens is 4. The van der Waals surface area contributed by atoms with E-state index in [1.807, 2.05) is 0 Å². The second-order valence-corrected chi connectivity index (χ2v) is 8.08. The Morgan fingerprint density at radius 2 is 1.95 bits per heavy atom. The molecule has 0 aliphatic rings. The molecular formula is C13H16BrF3N2OS. The third kappa shape index (κ3) is 6.80. The van der Waals surface area contributed by atoms with E-state index >= 15 is 0 Å². The fourth-order valence-electron chi connectivity index (χ4n) is 1.29. The molecule has 0 amide bonds. The first-order valence-corrected chi connectivity index (χ1v) is 8.08. The average molecular weight is 385 g/mol. The standard InChI is InChI=1S/C13H16BrF3N2OS/c1-12(2,3)21(20)19-10(7-8-13(15,16)17)9-5-4-6-11(14)18-9/h4-6H,7-8H2,1-3H3. The smallest absolute Gasteiger partial charge is 0.389 e. The molecular weight excluding hydrogens is 369 g/mol. The van der Waals surface area contributed by atoms with Crippen LogP contribution in [0.2, 0.25) is 0 Å². The minimum atomic E-state index is -4.30. The Kier molecular flexibility index (Phi) is 6.24. The maximum atomic E-state index is 12.4. The van der Waals surface area contributed by atoms with Crippen LogP contribution in [0.4, 0.5) is 13.2 Å². The highest BCUT2D eigenvalue weighted by Gasteiger charge is 2.31. The molecule has 1 aromatic rings. The molecule has 0 spiro atoms. The average Bonchev–Trinajstić information content (AvgIpc) is 2.31. The van der Waals surface area contributed by atoms with Gasteiger partial charge in [-0.1, -0.05) is 10.5 Å². The summed E-state index contributed by atoms with van der Waals surface area (Å²) in [5, 5.41) is 0. The molecule has 1 rings (SSSR count). The largest absolute Gasteiger partial charge is 0.591 e. The lowest BCUT2D eigenvalue weighted by molar-refractivity contribution is -0.132. The lowest BCUT2D eigenvalue weighted by Gasteiger charge is -2.19. The number of hydrogen-bond acceptors (Lipinski definition) is 3. The summed E-state index contributed by atoms with van der Waals surface area (Å²) in [6, 6.07) is 4.86. The molecule has 0 aliphatic heterocycles. The van der Waals surface area contributed by atoms with Crippen molar-refractivity contribution in [2.45, 2.75) is 44.5 Å². The van der Waals surface area contributed by atoms with E-state index in [0.29, 0.717) is 10.3 Å². The van der Waals surface area contributed by atoms with E-state index < -0.39 is 28.7 Å². The summed E-state index contributed by atoms with van der Waals surface area (Å²) >= 11 is 1.53. The van der Waals surface area contributed by atoms with Gasteiger partial charge in [0, 0.05) is 12.8 Å². The molecule has 0 saturated carbocycles. The highest BCUT2D eigenvalue weighted by molar-refractivity contribution is 9.10. The molecule has 0 fully saturated rings. The first-order chi connectivity index (χ1) is 9.49. The van der Waals surface area contributed by atoms with Crippen molar-refractivity contribution in [1.82, 2.24) is 4.98 Å². The van der Waals surface area contributed by atoms with Crippen LogP contribution in [0.3, 0.4) is 0 Å². The minimum Gasteiger partial charge on any atom is -0.591 e. The zero-order valence-electron chi connectivity index (χ0n) is 11.9. The highest BCUT2D eigenvalue weighted by Crippen LogP contribution is 2.25. The van der Waals surface area contributed by atoms with E-state index in [9.17, 15) is 17.7 Å². The molecule has 0 aliphatic carbocycles. The Morgan fingerprint density at radius 3 is 2.43 bits per heavy atom. The van der Waals surface area contributed by atoms with Gasteiger partial charge in [-0.25, -0.2) is 4.98 Å². The zero-order valence-corrected chi connectivity index (χ0v) is 14.3. The summed E-state index contributed by atoms with van der Waals surface area (Å²) < 4.78 is 53.1. The van der Waals surface area contributed by atoms with Crippen LogP contribution in [-0.4, -0.2) is 26.2 Å². The second-order valence-electron chi connectivity index (χ2n) is 5.36. The molecule has 0 bridgehead atoms. The predicted molar refractivity (Wildman–Crippen MR) is 81.7 cm³/mol. The Morgan fingerprint density at radius 1 is 1.33 bits per heavy atom. The SMILES string of the molecule is CC(C)(C)[S+]([O-])N=C(CCC(F)(F)F)c1cccc(Br)n1. The van der Waals surface area contributed by atoms with Gasteiger partial charge in [-0.15, -0.1) is 0 Å². The van der Waals surface area contributed by atoms with Gasteiger partial charge >= 0.3 is 6.18 Å². The summed E-state index contributed by atoms with van der Waals surface area (Å²) in [6.45, 7) is 5.13. The maximum absolute atomic E-state index is 12.4. The summed E-state index contributed by atoms with van der Waals surface area (Å²) in [5.74, 6) is 0. The summed E-state index contributed by atoms with van der Waals surface area (Å²) in [4.78, 5) is 4.09. The molecule has 21 heavy (non-hydrogen) atoms. The highest BCUT2D eigenvalue weighted by atomic mass is 79.9. The molecule has 0 radical (unpaired) electrons. The van der Waals surface area contributed by atoms with Gasteiger partial charge in [0.1, 0.15) is 26.4 Å². The van der Waals surface area contributed by atoms with Crippen molar-refractivity contribution in [2.24, 2.45) is 4.40 Å². The predicted octanol–water partition coefficient (Wildman–Crippen LogP) is 4.44. The first kappa shape index (κ1) is 18.4. The first-order valence-electron chi connectivity index (χ1n) is 6.18. The maximum Gasteiger partial charge on any atom is 0.389 e. The van der Waals surface area contributed by atoms with Crippen LogP contribution < -0.4 is 0 Å². The van der Waals surface area contributed by atoms with Crippen molar-refractivity contribution < 1.29 is 17.7 Å². The van der Waals surface area contributed by atoms with Crippen LogP contribution in [0.25, 0.3) is 0 Å². The third-order valence-corrected chi connectivity index (χ3v) is 4.25. The van der Waals surface area contributed by atoms with Crippen molar-refractivity contribution in [3.05, 3.63) is 28.5 Å². The lowest BCUT2D eigenvalue weighted by Crippen LogP contribution is -2.27. The molecule has 0 aromatic carbocycles. The van der Waals surface area contributed by atoms with E-state index in [4.69, 9.17) is 0 Å². The van der Waals surface area contributed by atoms with Crippen LogP contribution in [0, 0.1) is 0 Å². The van der Waals surface area contributed by atoms with Gasteiger partial charge in [-0.2, -0.15) is 13.2 Å². The third-order valence-electron chi connectivity index (χ3n) is 2.37. The summed E-state index contributed by atoms with van der Waals surface area (Å²) in [5.41, 5.74) is 0.396. The molecule has 8 heteroatoms.